The summed E-state index contributed by atoms with van der Waals surface area (Å²) >= 11 is 0. The third-order valence-corrected chi connectivity index (χ3v) is 4.25. The predicted molar refractivity (Wildman–Crippen MR) is 94.4 cm³/mol. The van der Waals surface area contributed by atoms with Crippen molar-refractivity contribution in [2.45, 2.75) is 25.6 Å². The smallest absolute Gasteiger partial charge is 0.0828 e. The van der Waals surface area contributed by atoms with E-state index in [1.807, 2.05) is 6.20 Å². The van der Waals surface area contributed by atoms with Gasteiger partial charge in [0.15, 0.2) is 0 Å². The van der Waals surface area contributed by atoms with Crippen molar-refractivity contribution in [2.75, 3.05) is 33.3 Å². The summed E-state index contributed by atoms with van der Waals surface area (Å²) in [6, 6.07) is 10.7. The van der Waals surface area contributed by atoms with E-state index in [2.05, 4.69) is 57.1 Å². The van der Waals surface area contributed by atoms with Crippen LogP contribution in [0.15, 0.2) is 48.9 Å². The number of nitrogens with zero attached hydrogens (tertiary/aromatic N) is 4. The van der Waals surface area contributed by atoms with Gasteiger partial charge in [-0.1, -0.05) is 30.3 Å². The topological polar surface area (TPSA) is 41.5 Å². The van der Waals surface area contributed by atoms with Crippen molar-refractivity contribution in [2.24, 2.45) is 0 Å². The molecule has 0 radical (unpaired) electrons. The highest BCUT2D eigenvalue weighted by atomic mass is 16.5. The van der Waals surface area contributed by atoms with Crippen LogP contribution in [0.25, 0.3) is 0 Å². The van der Waals surface area contributed by atoms with E-state index in [9.17, 15) is 0 Å². The summed E-state index contributed by atoms with van der Waals surface area (Å²) in [5, 5.41) is 0. The van der Waals surface area contributed by atoms with Gasteiger partial charge in [-0.15, -0.1) is 0 Å². The fourth-order valence-electron chi connectivity index (χ4n) is 3.17. The maximum Gasteiger partial charge on any atom is 0.0828 e. The molecule has 0 amide bonds. The van der Waals surface area contributed by atoms with Gasteiger partial charge in [-0.25, -0.2) is 0 Å². The fraction of sp³-hybridized carbons (Fsp3) is 0.474. The predicted octanol–water partition coefficient (Wildman–Crippen LogP) is 2.20. The number of likely N-dealkylation sites (N-methyl/N-ethyl adjacent to an activating group) is 1. The Kier molecular flexibility index (Phi) is 6.29. The standard InChI is InChI=1S/C19H26N4O/c1-22(14-18-12-20-8-9-21-18)15-19-16-23(10-5-11-24-19)13-17-6-3-2-4-7-17/h2-4,6-9,12,19H,5,10-11,13-16H2,1H3. The minimum Gasteiger partial charge on any atom is -0.376 e. The quantitative estimate of drug-likeness (QED) is 0.814. The SMILES string of the molecule is CN(Cc1cnccn1)CC1CN(Cc2ccccc2)CCCO1. The van der Waals surface area contributed by atoms with E-state index < -0.39 is 0 Å². The highest BCUT2D eigenvalue weighted by molar-refractivity contribution is 5.14. The second-order valence-corrected chi connectivity index (χ2v) is 6.46. The minimum atomic E-state index is 0.234. The molecule has 0 aliphatic carbocycles. The summed E-state index contributed by atoms with van der Waals surface area (Å²) in [6.07, 6.45) is 6.60. The molecule has 0 saturated carbocycles. The molecule has 1 fully saturated rings. The lowest BCUT2D eigenvalue weighted by Crippen LogP contribution is -2.38. The molecule has 1 aromatic heterocycles. The molecule has 2 heterocycles. The summed E-state index contributed by atoms with van der Waals surface area (Å²) < 4.78 is 6.06. The Morgan fingerprint density at radius 2 is 2.12 bits per heavy atom. The van der Waals surface area contributed by atoms with Gasteiger partial charge in [0.25, 0.3) is 0 Å². The van der Waals surface area contributed by atoms with Crippen LogP contribution in [0.3, 0.4) is 0 Å². The summed E-state index contributed by atoms with van der Waals surface area (Å²) in [7, 11) is 2.12. The molecule has 1 unspecified atom stereocenters. The first-order chi connectivity index (χ1) is 11.8. The number of hydrogen-bond donors (Lipinski definition) is 0. The van der Waals surface area contributed by atoms with Crippen LogP contribution in [0.5, 0.6) is 0 Å². The first kappa shape index (κ1) is 17.0. The number of aromatic nitrogens is 2. The van der Waals surface area contributed by atoms with Gasteiger partial charge in [-0.3, -0.25) is 19.8 Å². The van der Waals surface area contributed by atoms with Crippen LogP contribution in [0, 0.1) is 0 Å². The fourth-order valence-corrected chi connectivity index (χ4v) is 3.17. The Labute approximate surface area is 144 Å². The molecule has 1 saturated heterocycles. The third kappa shape index (κ3) is 5.37. The van der Waals surface area contributed by atoms with Crippen LogP contribution >= 0.6 is 0 Å². The van der Waals surface area contributed by atoms with Crippen LogP contribution < -0.4 is 0 Å². The zero-order valence-electron chi connectivity index (χ0n) is 14.3. The lowest BCUT2D eigenvalue weighted by Gasteiger charge is -2.27. The molecule has 2 aromatic rings. The van der Waals surface area contributed by atoms with E-state index in [-0.39, 0.29) is 6.10 Å². The van der Waals surface area contributed by atoms with E-state index >= 15 is 0 Å². The maximum absolute atomic E-state index is 6.06. The second kappa shape index (κ2) is 8.87. The van der Waals surface area contributed by atoms with Gasteiger partial charge in [0.2, 0.25) is 0 Å². The van der Waals surface area contributed by atoms with Crippen LogP contribution in [0.4, 0.5) is 0 Å². The van der Waals surface area contributed by atoms with E-state index in [1.165, 1.54) is 5.56 Å². The molecule has 3 rings (SSSR count). The van der Waals surface area contributed by atoms with Crippen LogP contribution in [-0.4, -0.2) is 59.2 Å². The van der Waals surface area contributed by atoms with Crippen molar-refractivity contribution in [3.05, 3.63) is 60.2 Å². The Bertz CT molecular complexity index is 593. The molecule has 0 spiro atoms. The zero-order valence-corrected chi connectivity index (χ0v) is 14.3. The van der Waals surface area contributed by atoms with Crippen molar-refractivity contribution in [1.82, 2.24) is 19.8 Å². The number of benzene rings is 1. The van der Waals surface area contributed by atoms with Gasteiger partial charge in [0, 0.05) is 57.9 Å². The lowest BCUT2D eigenvalue weighted by molar-refractivity contribution is 0.0295. The highest BCUT2D eigenvalue weighted by Crippen LogP contribution is 2.12. The molecule has 1 aliphatic rings. The summed E-state index contributed by atoms with van der Waals surface area (Å²) in [5.74, 6) is 0. The zero-order chi connectivity index (χ0) is 16.6. The van der Waals surface area contributed by atoms with Gasteiger partial charge in [0.05, 0.1) is 11.8 Å². The normalized spacial score (nSPS) is 19.3. The van der Waals surface area contributed by atoms with Crippen molar-refractivity contribution in [3.8, 4) is 0 Å². The minimum absolute atomic E-state index is 0.234. The van der Waals surface area contributed by atoms with E-state index in [4.69, 9.17) is 4.74 Å². The molecule has 5 heteroatoms. The Morgan fingerprint density at radius 3 is 2.92 bits per heavy atom. The van der Waals surface area contributed by atoms with E-state index in [0.717, 1.165) is 51.4 Å². The number of rotatable bonds is 6. The molecule has 1 aliphatic heterocycles. The molecule has 5 nitrogen and oxygen atoms in total. The first-order valence-electron chi connectivity index (χ1n) is 8.61. The van der Waals surface area contributed by atoms with Crippen LogP contribution in [-0.2, 0) is 17.8 Å². The van der Waals surface area contributed by atoms with E-state index in [1.54, 1.807) is 12.4 Å². The molecule has 0 N–H and O–H groups in total. The Hall–Kier alpha value is -1.82. The van der Waals surface area contributed by atoms with Gasteiger partial charge in [-0.05, 0) is 19.0 Å². The number of ether oxygens (including phenoxy) is 1. The molecular formula is C19H26N4O. The largest absolute Gasteiger partial charge is 0.376 e. The van der Waals surface area contributed by atoms with Crippen molar-refractivity contribution in [3.63, 3.8) is 0 Å². The van der Waals surface area contributed by atoms with Gasteiger partial charge < -0.3 is 4.74 Å². The van der Waals surface area contributed by atoms with Gasteiger partial charge in [-0.2, -0.15) is 0 Å². The molecule has 128 valence electrons. The monoisotopic (exact) mass is 326 g/mol. The third-order valence-electron chi connectivity index (χ3n) is 4.25. The summed E-state index contributed by atoms with van der Waals surface area (Å²) in [5.41, 5.74) is 2.36. The highest BCUT2D eigenvalue weighted by Gasteiger charge is 2.20. The number of hydrogen-bond acceptors (Lipinski definition) is 5. The van der Waals surface area contributed by atoms with Crippen LogP contribution in [0.1, 0.15) is 17.7 Å². The molecule has 0 bridgehead atoms. The second-order valence-electron chi connectivity index (χ2n) is 6.46. The maximum atomic E-state index is 6.06. The summed E-state index contributed by atoms with van der Waals surface area (Å²) in [6.45, 7) is 5.61. The van der Waals surface area contributed by atoms with Gasteiger partial charge in [0.1, 0.15) is 0 Å². The van der Waals surface area contributed by atoms with Crippen molar-refractivity contribution < 1.29 is 4.74 Å². The van der Waals surface area contributed by atoms with E-state index in [0.29, 0.717) is 0 Å². The van der Waals surface area contributed by atoms with Crippen LogP contribution in [0.2, 0.25) is 0 Å². The Morgan fingerprint density at radius 1 is 1.25 bits per heavy atom. The van der Waals surface area contributed by atoms with Crippen molar-refractivity contribution in [1.29, 1.82) is 0 Å². The van der Waals surface area contributed by atoms with Gasteiger partial charge >= 0.3 is 0 Å². The first-order valence-corrected chi connectivity index (χ1v) is 8.61. The molecule has 24 heavy (non-hydrogen) atoms. The lowest BCUT2D eigenvalue weighted by atomic mass is 10.2. The molecule has 1 aromatic carbocycles. The molecular weight excluding hydrogens is 300 g/mol. The summed E-state index contributed by atoms with van der Waals surface area (Å²) in [4.78, 5) is 13.2. The Balaban J connectivity index is 1.52. The van der Waals surface area contributed by atoms with Crippen molar-refractivity contribution >= 4 is 0 Å². The molecule has 1 atom stereocenters. The average Bonchev–Trinajstić information content (AvgIpc) is 2.81. The average molecular weight is 326 g/mol.